The smallest absolute Gasteiger partial charge is 0.203 e. The summed E-state index contributed by atoms with van der Waals surface area (Å²) in [5.41, 5.74) is 3.67. The first-order valence-electron chi connectivity index (χ1n) is 8.04. The molecule has 0 spiro atoms. The molecule has 0 amide bonds. The maximum absolute atomic E-state index is 10.5. The standard InChI is InChI=1S/C20H22O5/c1-22-13-8-9-14(16(21)11-13)15-7-5-6-12-10-17(23-2)19(24-3)20(25-4)18(12)15/h7-11,21H,5-6H2,1-4H3. The van der Waals surface area contributed by atoms with Gasteiger partial charge in [0.25, 0.3) is 0 Å². The molecule has 0 unspecified atom stereocenters. The maximum Gasteiger partial charge on any atom is 0.203 e. The molecule has 2 aromatic rings. The lowest BCUT2D eigenvalue weighted by molar-refractivity contribution is 0.323. The van der Waals surface area contributed by atoms with E-state index in [4.69, 9.17) is 18.9 Å². The number of aromatic hydroxyl groups is 1. The van der Waals surface area contributed by atoms with Gasteiger partial charge in [0.15, 0.2) is 11.5 Å². The summed E-state index contributed by atoms with van der Waals surface area (Å²) in [7, 11) is 6.38. The molecular formula is C20H22O5. The number of rotatable bonds is 5. The molecule has 0 bridgehead atoms. The third-order valence-electron chi connectivity index (χ3n) is 4.44. The van der Waals surface area contributed by atoms with E-state index in [1.165, 1.54) is 0 Å². The Hall–Kier alpha value is -2.82. The highest BCUT2D eigenvalue weighted by Gasteiger charge is 2.26. The summed E-state index contributed by atoms with van der Waals surface area (Å²) in [4.78, 5) is 0. The zero-order valence-corrected chi connectivity index (χ0v) is 14.9. The number of ether oxygens (including phenoxy) is 4. The third kappa shape index (κ3) is 2.86. The molecular weight excluding hydrogens is 320 g/mol. The van der Waals surface area contributed by atoms with E-state index in [1.54, 1.807) is 34.5 Å². The second-order valence-electron chi connectivity index (χ2n) is 5.72. The first-order valence-corrected chi connectivity index (χ1v) is 8.04. The quantitative estimate of drug-likeness (QED) is 0.895. The minimum atomic E-state index is 0.162. The molecule has 0 saturated heterocycles. The van der Waals surface area contributed by atoms with Crippen molar-refractivity contribution in [3.8, 4) is 28.7 Å². The van der Waals surface area contributed by atoms with Gasteiger partial charge in [-0.3, -0.25) is 0 Å². The van der Waals surface area contributed by atoms with E-state index in [0.717, 1.165) is 35.1 Å². The van der Waals surface area contributed by atoms with E-state index in [-0.39, 0.29) is 5.75 Å². The van der Waals surface area contributed by atoms with Gasteiger partial charge in [0.1, 0.15) is 11.5 Å². The number of benzene rings is 2. The largest absolute Gasteiger partial charge is 0.507 e. The molecule has 3 rings (SSSR count). The van der Waals surface area contributed by atoms with Crippen molar-refractivity contribution in [3.05, 3.63) is 47.0 Å². The molecule has 1 aliphatic carbocycles. The van der Waals surface area contributed by atoms with Gasteiger partial charge in [-0.05, 0) is 42.2 Å². The van der Waals surface area contributed by atoms with Gasteiger partial charge in [0.2, 0.25) is 5.75 Å². The van der Waals surface area contributed by atoms with E-state index in [9.17, 15) is 5.11 Å². The van der Waals surface area contributed by atoms with Crippen LogP contribution >= 0.6 is 0 Å². The Labute approximate surface area is 147 Å². The molecule has 0 aliphatic heterocycles. The Balaban J connectivity index is 2.23. The third-order valence-corrected chi connectivity index (χ3v) is 4.44. The lowest BCUT2D eigenvalue weighted by Crippen LogP contribution is -2.07. The molecule has 0 saturated carbocycles. The fraction of sp³-hybridized carbons (Fsp3) is 0.300. The van der Waals surface area contributed by atoms with Crippen LogP contribution in [-0.4, -0.2) is 33.5 Å². The van der Waals surface area contributed by atoms with Gasteiger partial charge in [-0.15, -0.1) is 0 Å². The van der Waals surface area contributed by atoms with E-state index < -0.39 is 0 Å². The number of phenolic OH excluding ortho intramolecular Hbond substituents is 1. The van der Waals surface area contributed by atoms with E-state index in [2.05, 4.69) is 6.08 Å². The zero-order chi connectivity index (χ0) is 18.0. The first kappa shape index (κ1) is 17.0. The van der Waals surface area contributed by atoms with Gasteiger partial charge in [-0.1, -0.05) is 6.08 Å². The Morgan fingerprint density at radius 1 is 0.880 bits per heavy atom. The molecule has 5 heteroatoms. The summed E-state index contributed by atoms with van der Waals surface area (Å²) in [5.74, 6) is 2.56. The highest BCUT2D eigenvalue weighted by molar-refractivity contribution is 5.90. The van der Waals surface area contributed by atoms with Crippen molar-refractivity contribution in [2.24, 2.45) is 0 Å². The first-order chi connectivity index (χ1) is 12.1. The molecule has 0 atom stereocenters. The molecule has 1 N–H and O–H groups in total. The molecule has 5 nitrogen and oxygen atoms in total. The van der Waals surface area contributed by atoms with Gasteiger partial charge < -0.3 is 24.1 Å². The molecule has 1 aliphatic rings. The minimum Gasteiger partial charge on any atom is -0.507 e. The topological polar surface area (TPSA) is 57.2 Å². The molecule has 0 fully saturated rings. The van der Waals surface area contributed by atoms with Gasteiger partial charge in [0, 0.05) is 17.2 Å². The summed E-state index contributed by atoms with van der Waals surface area (Å²) < 4.78 is 21.8. The Morgan fingerprint density at radius 2 is 1.64 bits per heavy atom. The van der Waals surface area contributed by atoms with Crippen LogP contribution in [0.25, 0.3) is 5.57 Å². The van der Waals surface area contributed by atoms with Crippen LogP contribution in [0.5, 0.6) is 28.7 Å². The Kier molecular flexibility index (Phi) is 4.74. The van der Waals surface area contributed by atoms with Gasteiger partial charge in [0.05, 0.1) is 28.4 Å². The minimum absolute atomic E-state index is 0.162. The average molecular weight is 342 g/mol. The van der Waals surface area contributed by atoms with Crippen molar-refractivity contribution >= 4 is 5.57 Å². The maximum atomic E-state index is 10.5. The van der Waals surface area contributed by atoms with Crippen LogP contribution in [0.4, 0.5) is 0 Å². The number of fused-ring (bicyclic) bond motifs is 1. The summed E-state index contributed by atoms with van der Waals surface area (Å²) in [5, 5.41) is 10.5. The van der Waals surface area contributed by atoms with E-state index >= 15 is 0 Å². The lowest BCUT2D eigenvalue weighted by atomic mass is 9.85. The van der Waals surface area contributed by atoms with Crippen LogP contribution < -0.4 is 18.9 Å². The molecule has 25 heavy (non-hydrogen) atoms. The normalized spacial score (nSPS) is 12.9. The molecule has 0 radical (unpaired) electrons. The van der Waals surface area contributed by atoms with Crippen LogP contribution in [0.2, 0.25) is 0 Å². The van der Waals surface area contributed by atoms with Crippen molar-refractivity contribution in [2.45, 2.75) is 12.8 Å². The second-order valence-corrected chi connectivity index (χ2v) is 5.72. The number of methoxy groups -OCH3 is 4. The molecule has 0 heterocycles. The Bertz CT molecular complexity index is 823. The van der Waals surface area contributed by atoms with Gasteiger partial charge in [-0.25, -0.2) is 0 Å². The number of aryl methyl sites for hydroxylation is 1. The van der Waals surface area contributed by atoms with Crippen molar-refractivity contribution in [3.63, 3.8) is 0 Å². The van der Waals surface area contributed by atoms with Gasteiger partial charge in [-0.2, -0.15) is 0 Å². The summed E-state index contributed by atoms with van der Waals surface area (Å²) in [6, 6.07) is 7.27. The number of hydrogen-bond donors (Lipinski definition) is 1. The summed E-state index contributed by atoms with van der Waals surface area (Å²) in [6.07, 6.45) is 3.84. The fourth-order valence-electron chi connectivity index (χ4n) is 3.28. The van der Waals surface area contributed by atoms with Crippen LogP contribution in [0, 0.1) is 0 Å². The monoisotopic (exact) mass is 342 g/mol. The van der Waals surface area contributed by atoms with Crippen LogP contribution in [0.3, 0.4) is 0 Å². The van der Waals surface area contributed by atoms with E-state index in [0.29, 0.717) is 23.0 Å². The zero-order valence-electron chi connectivity index (χ0n) is 14.9. The molecule has 2 aromatic carbocycles. The summed E-state index contributed by atoms with van der Waals surface area (Å²) >= 11 is 0. The summed E-state index contributed by atoms with van der Waals surface area (Å²) in [6.45, 7) is 0. The number of allylic oxidation sites excluding steroid dienone is 1. The highest BCUT2D eigenvalue weighted by atomic mass is 16.5. The second kappa shape index (κ2) is 6.97. The number of phenols is 1. The highest BCUT2D eigenvalue weighted by Crippen LogP contribution is 2.49. The van der Waals surface area contributed by atoms with Crippen molar-refractivity contribution in [1.82, 2.24) is 0 Å². The predicted molar refractivity (Wildman–Crippen MR) is 96.2 cm³/mol. The van der Waals surface area contributed by atoms with Crippen LogP contribution in [-0.2, 0) is 6.42 Å². The number of hydrogen-bond acceptors (Lipinski definition) is 5. The Morgan fingerprint density at radius 3 is 2.24 bits per heavy atom. The van der Waals surface area contributed by atoms with Crippen LogP contribution in [0.15, 0.2) is 30.3 Å². The van der Waals surface area contributed by atoms with Crippen molar-refractivity contribution < 1.29 is 24.1 Å². The van der Waals surface area contributed by atoms with Crippen molar-refractivity contribution in [2.75, 3.05) is 28.4 Å². The SMILES string of the molecule is COc1ccc(C2=CCCc3cc(OC)c(OC)c(OC)c32)c(O)c1. The molecule has 132 valence electrons. The molecule has 0 aromatic heterocycles. The van der Waals surface area contributed by atoms with Gasteiger partial charge >= 0.3 is 0 Å². The fourth-order valence-corrected chi connectivity index (χ4v) is 3.28. The van der Waals surface area contributed by atoms with Crippen molar-refractivity contribution in [1.29, 1.82) is 0 Å². The lowest BCUT2D eigenvalue weighted by Gasteiger charge is -2.24. The van der Waals surface area contributed by atoms with Crippen LogP contribution in [0.1, 0.15) is 23.1 Å². The van der Waals surface area contributed by atoms with E-state index in [1.807, 2.05) is 18.2 Å². The average Bonchev–Trinajstić information content (AvgIpc) is 2.65. The predicted octanol–water partition coefficient (Wildman–Crippen LogP) is 3.80.